The molecule has 0 unspecified atom stereocenters. The molecule has 0 saturated carbocycles. The lowest BCUT2D eigenvalue weighted by atomic mass is 10.1. The third kappa shape index (κ3) is 3.58. The van der Waals surface area contributed by atoms with Crippen molar-refractivity contribution in [3.63, 3.8) is 0 Å². The topological polar surface area (TPSA) is 45.6 Å². The number of fused-ring (bicyclic) bond motifs is 1. The third-order valence-corrected chi connectivity index (χ3v) is 5.47. The van der Waals surface area contributed by atoms with Crippen molar-refractivity contribution in [1.82, 2.24) is 14.4 Å². The average Bonchev–Trinajstić information content (AvgIpc) is 2.75. The van der Waals surface area contributed by atoms with Crippen LogP contribution >= 0.6 is 0 Å². The second-order valence-corrected chi connectivity index (χ2v) is 7.23. The van der Waals surface area contributed by atoms with Crippen LogP contribution in [0.25, 0.3) is 10.9 Å². The van der Waals surface area contributed by atoms with E-state index in [1.807, 2.05) is 52.8 Å². The molecule has 2 aromatic carbocycles. The second-order valence-electron chi connectivity index (χ2n) is 7.23. The van der Waals surface area contributed by atoms with Crippen LogP contribution in [0.3, 0.4) is 0 Å². The van der Waals surface area contributed by atoms with Crippen molar-refractivity contribution in [3.05, 3.63) is 82.1 Å². The van der Waals surface area contributed by atoms with Crippen LogP contribution in [-0.2, 0) is 13.1 Å². The van der Waals surface area contributed by atoms with Crippen molar-refractivity contribution in [2.45, 2.75) is 20.0 Å². The molecule has 1 aliphatic heterocycles. The van der Waals surface area contributed by atoms with Gasteiger partial charge in [-0.3, -0.25) is 14.5 Å². The predicted molar refractivity (Wildman–Crippen MR) is 112 cm³/mol. The molecule has 0 radical (unpaired) electrons. The van der Waals surface area contributed by atoms with E-state index in [-0.39, 0.29) is 16.9 Å². The maximum Gasteiger partial charge on any atom is 0.259 e. The van der Waals surface area contributed by atoms with Crippen LogP contribution in [0, 0.1) is 0 Å². The Hall–Kier alpha value is -2.92. The molecule has 1 amide bonds. The first-order valence-corrected chi connectivity index (χ1v) is 9.85. The lowest BCUT2D eigenvalue weighted by Crippen LogP contribution is -2.49. The fourth-order valence-electron chi connectivity index (χ4n) is 3.88. The number of carbonyl (C=O) groups is 1. The zero-order valence-electron chi connectivity index (χ0n) is 16.2. The molecule has 1 aliphatic rings. The van der Waals surface area contributed by atoms with Gasteiger partial charge < -0.3 is 9.47 Å². The van der Waals surface area contributed by atoms with Crippen molar-refractivity contribution in [3.8, 4) is 0 Å². The molecule has 1 aromatic heterocycles. The fraction of sp³-hybridized carbons (Fsp3) is 0.304. The lowest BCUT2D eigenvalue weighted by molar-refractivity contribution is 0.0626. The number of piperazine rings is 1. The van der Waals surface area contributed by atoms with Crippen LogP contribution in [0.4, 0.5) is 0 Å². The molecule has 28 heavy (non-hydrogen) atoms. The Kier molecular flexibility index (Phi) is 5.26. The van der Waals surface area contributed by atoms with E-state index in [9.17, 15) is 9.59 Å². The summed E-state index contributed by atoms with van der Waals surface area (Å²) in [7, 11) is 0. The van der Waals surface area contributed by atoms with Crippen molar-refractivity contribution in [2.24, 2.45) is 0 Å². The van der Waals surface area contributed by atoms with E-state index in [0.717, 1.165) is 25.2 Å². The molecule has 0 aliphatic carbocycles. The number of para-hydroxylation sites is 1. The van der Waals surface area contributed by atoms with Gasteiger partial charge in [0.15, 0.2) is 0 Å². The summed E-state index contributed by atoms with van der Waals surface area (Å²) in [6, 6.07) is 17.9. The van der Waals surface area contributed by atoms with Crippen LogP contribution in [0.5, 0.6) is 0 Å². The SMILES string of the molecule is CCn1cc(C(=O)N2CCN(Cc3ccccc3)CC2)c(=O)c2ccccc21. The van der Waals surface area contributed by atoms with Crippen molar-refractivity contribution in [2.75, 3.05) is 26.2 Å². The van der Waals surface area contributed by atoms with Gasteiger partial charge in [-0.15, -0.1) is 0 Å². The minimum absolute atomic E-state index is 0.155. The van der Waals surface area contributed by atoms with Crippen LogP contribution in [0.1, 0.15) is 22.8 Å². The summed E-state index contributed by atoms with van der Waals surface area (Å²) >= 11 is 0. The van der Waals surface area contributed by atoms with Gasteiger partial charge in [-0.25, -0.2) is 0 Å². The highest BCUT2D eigenvalue weighted by Crippen LogP contribution is 2.15. The number of aryl methyl sites for hydroxylation is 1. The summed E-state index contributed by atoms with van der Waals surface area (Å²) in [5.74, 6) is -0.155. The van der Waals surface area contributed by atoms with Gasteiger partial charge in [0.2, 0.25) is 5.43 Å². The number of nitrogens with zero attached hydrogens (tertiary/aromatic N) is 3. The summed E-state index contributed by atoms with van der Waals surface area (Å²) in [4.78, 5) is 30.2. The van der Waals surface area contributed by atoms with Crippen LogP contribution in [0.15, 0.2) is 65.6 Å². The number of aromatic nitrogens is 1. The molecule has 0 bridgehead atoms. The molecule has 5 nitrogen and oxygen atoms in total. The number of hydrogen-bond donors (Lipinski definition) is 0. The van der Waals surface area contributed by atoms with E-state index < -0.39 is 0 Å². The molecule has 3 aromatic rings. The summed E-state index contributed by atoms with van der Waals surface area (Å²) in [6.45, 7) is 6.54. The summed E-state index contributed by atoms with van der Waals surface area (Å²) < 4.78 is 1.98. The van der Waals surface area contributed by atoms with E-state index in [2.05, 4.69) is 17.0 Å². The number of hydrogen-bond acceptors (Lipinski definition) is 3. The van der Waals surface area contributed by atoms with Crippen molar-refractivity contribution in [1.29, 1.82) is 0 Å². The zero-order chi connectivity index (χ0) is 19.5. The first-order chi connectivity index (χ1) is 13.7. The number of rotatable bonds is 4. The third-order valence-electron chi connectivity index (χ3n) is 5.47. The summed E-state index contributed by atoms with van der Waals surface area (Å²) in [5, 5.41) is 0.609. The fourth-order valence-corrected chi connectivity index (χ4v) is 3.88. The van der Waals surface area contributed by atoms with Crippen molar-refractivity contribution < 1.29 is 4.79 Å². The molecule has 5 heteroatoms. The number of carbonyl (C=O) groups excluding carboxylic acids is 1. The normalized spacial score (nSPS) is 15.1. The maximum atomic E-state index is 13.1. The Bertz CT molecular complexity index is 1030. The van der Waals surface area contributed by atoms with Gasteiger partial charge >= 0.3 is 0 Å². The summed E-state index contributed by atoms with van der Waals surface area (Å²) in [6.07, 6.45) is 1.73. The molecule has 0 N–H and O–H groups in total. The van der Waals surface area contributed by atoms with Gasteiger partial charge in [-0.05, 0) is 24.6 Å². The molecule has 0 atom stereocenters. The van der Waals surface area contributed by atoms with E-state index >= 15 is 0 Å². The molecule has 0 spiro atoms. The molecular formula is C23H25N3O2. The average molecular weight is 375 g/mol. The second kappa shape index (κ2) is 7.98. The minimum atomic E-state index is -0.169. The van der Waals surface area contributed by atoms with Crippen LogP contribution in [-0.4, -0.2) is 46.5 Å². The quantitative estimate of drug-likeness (QED) is 0.704. The number of amides is 1. The number of pyridine rings is 1. The van der Waals surface area contributed by atoms with Crippen molar-refractivity contribution >= 4 is 16.8 Å². The number of benzene rings is 2. The molecule has 4 rings (SSSR count). The van der Waals surface area contributed by atoms with Gasteiger partial charge in [0.25, 0.3) is 5.91 Å². The van der Waals surface area contributed by atoms with E-state index in [1.165, 1.54) is 5.56 Å². The van der Waals surface area contributed by atoms with E-state index in [1.54, 1.807) is 12.3 Å². The highest BCUT2D eigenvalue weighted by molar-refractivity contribution is 5.97. The Balaban J connectivity index is 1.51. The van der Waals surface area contributed by atoms with Crippen LogP contribution in [0.2, 0.25) is 0 Å². The largest absolute Gasteiger partial charge is 0.347 e. The molecular weight excluding hydrogens is 350 g/mol. The lowest BCUT2D eigenvalue weighted by Gasteiger charge is -2.34. The van der Waals surface area contributed by atoms with Gasteiger partial charge in [0.1, 0.15) is 5.56 Å². The van der Waals surface area contributed by atoms with Gasteiger partial charge in [-0.2, -0.15) is 0 Å². The van der Waals surface area contributed by atoms with Gasteiger partial charge in [0.05, 0.1) is 5.52 Å². The summed E-state index contributed by atoms with van der Waals surface area (Å²) in [5.41, 5.74) is 2.26. The molecule has 2 heterocycles. The highest BCUT2D eigenvalue weighted by Gasteiger charge is 2.25. The first kappa shape index (κ1) is 18.4. The Morgan fingerprint density at radius 3 is 2.32 bits per heavy atom. The Labute approximate surface area is 164 Å². The Morgan fingerprint density at radius 1 is 0.929 bits per heavy atom. The molecule has 1 saturated heterocycles. The molecule has 1 fully saturated rings. The predicted octanol–water partition coefficient (Wildman–Crippen LogP) is 2.98. The zero-order valence-corrected chi connectivity index (χ0v) is 16.2. The van der Waals surface area contributed by atoms with Crippen LogP contribution < -0.4 is 5.43 Å². The Morgan fingerprint density at radius 2 is 1.61 bits per heavy atom. The highest BCUT2D eigenvalue weighted by atomic mass is 16.2. The monoisotopic (exact) mass is 375 g/mol. The minimum Gasteiger partial charge on any atom is -0.347 e. The van der Waals surface area contributed by atoms with E-state index in [0.29, 0.717) is 25.0 Å². The van der Waals surface area contributed by atoms with Gasteiger partial charge in [0, 0.05) is 50.9 Å². The molecule has 144 valence electrons. The maximum absolute atomic E-state index is 13.1. The van der Waals surface area contributed by atoms with E-state index in [4.69, 9.17) is 0 Å². The smallest absolute Gasteiger partial charge is 0.259 e. The first-order valence-electron chi connectivity index (χ1n) is 9.85. The standard InChI is InChI=1S/C23H25N3O2/c1-2-25-17-20(22(27)19-10-6-7-11-21(19)25)23(28)26-14-12-24(13-15-26)16-18-8-4-3-5-9-18/h3-11,17H,2,12-16H2,1H3. The van der Waals surface area contributed by atoms with Gasteiger partial charge in [-0.1, -0.05) is 42.5 Å².